The number of amides is 1. The molecule has 3 nitrogen and oxygen atoms in total. The topological polar surface area (TPSA) is 40.5 Å². The molecule has 0 aliphatic carbocycles. The molecule has 0 aromatic heterocycles. The van der Waals surface area contributed by atoms with Crippen molar-refractivity contribution in [2.45, 2.75) is 32.7 Å². The molecule has 1 aromatic carbocycles. The van der Waals surface area contributed by atoms with Crippen LogP contribution < -0.4 is 0 Å². The molecule has 100 valence electrons. The maximum Gasteiger partial charge on any atom is 0.254 e. The molecule has 1 aromatic rings. The van der Waals surface area contributed by atoms with Crippen LogP contribution in [0.4, 0.5) is 0 Å². The monoisotopic (exact) mass is 257 g/mol. The molecule has 0 radical (unpaired) electrons. The maximum absolute atomic E-state index is 12.5. The zero-order chi connectivity index (χ0) is 13.8. The first-order chi connectivity index (χ1) is 9.15. The molecule has 1 aliphatic heterocycles. The normalized spacial score (nSPS) is 18.1. The molecule has 3 heteroatoms. The van der Waals surface area contributed by atoms with Gasteiger partial charge in [0.25, 0.3) is 5.91 Å². The third-order valence-electron chi connectivity index (χ3n) is 3.68. The molecule has 1 atom stereocenters. The van der Waals surface area contributed by atoms with Crippen LogP contribution in [0.5, 0.6) is 0 Å². The molecule has 2 rings (SSSR count). The van der Waals surface area contributed by atoms with Gasteiger partial charge in [0.2, 0.25) is 0 Å². The van der Waals surface area contributed by atoms with Crippen molar-refractivity contribution < 1.29 is 9.90 Å². The quantitative estimate of drug-likeness (QED) is 0.781. The Hall–Kier alpha value is -1.79. The fraction of sp³-hybridized carbons (Fsp3) is 0.438. The van der Waals surface area contributed by atoms with Crippen molar-refractivity contribution in [1.29, 1.82) is 0 Å². The lowest BCUT2D eigenvalue weighted by Gasteiger charge is -2.22. The molecular formula is C16H19NO2. The van der Waals surface area contributed by atoms with E-state index in [0.717, 1.165) is 36.1 Å². The molecule has 0 saturated carbocycles. The summed E-state index contributed by atoms with van der Waals surface area (Å²) >= 11 is 0. The summed E-state index contributed by atoms with van der Waals surface area (Å²) in [5.41, 5.74) is 2.43. The molecule has 1 N–H and O–H groups in total. The third-order valence-corrected chi connectivity index (χ3v) is 3.68. The van der Waals surface area contributed by atoms with E-state index in [0.29, 0.717) is 6.04 Å². The minimum absolute atomic E-state index is 0.0927. The van der Waals surface area contributed by atoms with E-state index >= 15 is 0 Å². The average molecular weight is 257 g/mol. The van der Waals surface area contributed by atoms with Gasteiger partial charge in [-0.1, -0.05) is 17.9 Å². The number of carbonyl (C=O) groups is 1. The number of aliphatic hydroxyl groups is 1. The van der Waals surface area contributed by atoms with E-state index in [1.54, 1.807) is 0 Å². The summed E-state index contributed by atoms with van der Waals surface area (Å²) in [5.74, 6) is 5.61. The number of hydrogen-bond acceptors (Lipinski definition) is 2. The SMILES string of the molecule is Cc1c(C#CCO)cccc1C(=O)N1CCCC1C. The van der Waals surface area contributed by atoms with Crippen LogP contribution >= 0.6 is 0 Å². The van der Waals surface area contributed by atoms with Crippen molar-refractivity contribution in [3.8, 4) is 11.8 Å². The lowest BCUT2D eigenvalue weighted by molar-refractivity contribution is 0.0746. The molecule has 0 spiro atoms. The van der Waals surface area contributed by atoms with Crippen LogP contribution in [-0.4, -0.2) is 35.1 Å². The lowest BCUT2D eigenvalue weighted by atomic mass is 10.0. The summed E-state index contributed by atoms with van der Waals surface area (Å²) < 4.78 is 0. The van der Waals surface area contributed by atoms with Gasteiger partial charge in [0.05, 0.1) is 0 Å². The molecule has 1 amide bonds. The summed E-state index contributed by atoms with van der Waals surface area (Å²) in [4.78, 5) is 14.5. The van der Waals surface area contributed by atoms with Crippen molar-refractivity contribution in [3.05, 3.63) is 34.9 Å². The van der Waals surface area contributed by atoms with Crippen molar-refractivity contribution in [1.82, 2.24) is 4.90 Å². The van der Waals surface area contributed by atoms with E-state index < -0.39 is 0 Å². The van der Waals surface area contributed by atoms with Gasteiger partial charge in [0.1, 0.15) is 6.61 Å². The summed E-state index contributed by atoms with van der Waals surface area (Å²) in [6.45, 7) is 4.68. The van der Waals surface area contributed by atoms with E-state index in [-0.39, 0.29) is 12.5 Å². The lowest BCUT2D eigenvalue weighted by Crippen LogP contribution is -2.34. The smallest absolute Gasteiger partial charge is 0.254 e. The molecule has 1 unspecified atom stereocenters. The van der Waals surface area contributed by atoms with Gasteiger partial charge in [-0.3, -0.25) is 4.79 Å². The highest BCUT2D eigenvalue weighted by Crippen LogP contribution is 2.22. The minimum Gasteiger partial charge on any atom is -0.384 e. The summed E-state index contributed by atoms with van der Waals surface area (Å²) in [7, 11) is 0. The Labute approximate surface area is 114 Å². The molecule has 1 fully saturated rings. The minimum atomic E-state index is -0.166. The Balaban J connectivity index is 2.32. The highest BCUT2D eigenvalue weighted by atomic mass is 16.2. The Kier molecular flexibility index (Phi) is 4.24. The predicted molar refractivity (Wildman–Crippen MR) is 74.9 cm³/mol. The maximum atomic E-state index is 12.5. The second-order valence-corrected chi connectivity index (χ2v) is 4.93. The summed E-state index contributed by atoms with van der Waals surface area (Å²) in [6, 6.07) is 5.90. The van der Waals surface area contributed by atoms with Crippen molar-refractivity contribution in [2.75, 3.05) is 13.2 Å². The molecule has 19 heavy (non-hydrogen) atoms. The van der Waals surface area contributed by atoms with Gasteiger partial charge in [0, 0.05) is 23.7 Å². The van der Waals surface area contributed by atoms with Crippen molar-refractivity contribution in [2.24, 2.45) is 0 Å². The van der Waals surface area contributed by atoms with Crippen LogP contribution in [0.1, 0.15) is 41.3 Å². The molecule has 0 bridgehead atoms. The second-order valence-electron chi connectivity index (χ2n) is 4.93. The van der Waals surface area contributed by atoms with Crippen LogP contribution in [0.3, 0.4) is 0 Å². The number of likely N-dealkylation sites (tertiary alicyclic amines) is 1. The van der Waals surface area contributed by atoms with Crippen LogP contribution in [0.25, 0.3) is 0 Å². The summed E-state index contributed by atoms with van der Waals surface area (Å²) in [5, 5.41) is 8.76. The van der Waals surface area contributed by atoms with E-state index in [1.165, 1.54) is 0 Å². The van der Waals surface area contributed by atoms with Gasteiger partial charge in [0.15, 0.2) is 0 Å². The fourth-order valence-corrected chi connectivity index (χ4v) is 2.53. The van der Waals surface area contributed by atoms with E-state index in [9.17, 15) is 4.79 Å². The van der Waals surface area contributed by atoms with E-state index in [2.05, 4.69) is 18.8 Å². The number of nitrogens with zero attached hydrogens (tertiary/aromatic N) is 1. The van der Waals surface area contributed by atoms with E-state index in [4.69, 9.17) is 5.11 Å². The van der Waals surface area contributed by atoms with E-state index in [1.807, 2.05) is 30.0 Å². The fourth-order valence-electron chi connectivity index (χ4n) is 2.53. The van der Waals surface area contributed by atoms with Crippen molar-refractivity contribution >= 4 is 5.91 Å². The zero-order valence-corrected chi connectivity index (χ0v) is 11.4. The number of aliphatic hydroxyl groups excluding tert-OH is 1. The number of benzene rings is 1. The molecule has 1 heterocycles. The Morgan fingerprint density at radius 2 is 2.32 bits per heavy atom. The average Bonchev–Trinajstić information content (AvgIpc) is 2.83. The first-order valence-corrected chi connectivity index (χ1v) is 6.65. The van der Waals surface area contributed by atoms with Gasteiger partial charge < -0.3 is 10.0 Å². The number of hydrogen-bond donors (Lipinski definition) is 1. The molecule has 1 saturated heterocycles. The zero-order valence-electron chi connectivity index (χ0n) is 11.4. The first kappa shape index (κ1) is 13.6. The number of rotatable bonds is 1. The Morgan fingerprint density at radius 3 is 2.95 bits per heavy atom. The highest BCUT2D eigenvalue weighted by molar-refractivity contribution is 5.96. The van der Waals surface area contributed by atoms with Gasteiger partial charge >= 0.3 is 0 Å². The first-order valence-electron chi connectivity index (χ1n) is 6.65. The standard InChI is InChI=1S/C16H19NO2/c1-12-6-4-10-17(12)16(19)15-9-3-7-14(13(15)2)8-5-11-18/h3,7,9,12,18H,4,6,10-11H2,1-2H3. The Morgan fingerprint density at radius 1 is 1.53 bits per heavy atom. The van der Waals surface area contributed by atoms with Gasteiger partial charge in [-0.2, -0.15) is 0 Å². The second kappa shape index (κ2) is 5.90. The Bertz CT molecular complexity index is 539. The molecular weight excluding hydrogens is 238 g/mol. The van der Waals surface area contributed by atoms with Gasteiger partial charge in [-0.25, -0.2) is 0 Å². The molecule has 1 aliphatic rings. The van der Waals surface area contributed by atoms with Crippen LogP contribution in [-0.2, 0) is 0 Å². The highest BCUT2D eigenvalue weighted by Gasteiger charge is 2.26. The van der Waals surface area contributed by atoms with Crippen LogP contribution in [0.2, 0.25) is 0 Å². The third kappa shape index (κ3) is 2.80. The summed E-state index contributed by atoms with van der Waals surface area (Å²) in [6.07, 6.45) is 2.16. The van der Waals surface area contributed by atoms with Crippen molar-refractivity contribution in [3.63, 3.8) is 0 Å². The van der Waals surface area contributed by atoms with Gasteiger partial charge in [-0.05, 0) is 44.4 Å². The number of carbonyl (C=O) groups excluding carboxylic acids is 1. The largest absolute Gasteiger partial charge is 0.384 e. The van der Waals surface area contributed by atoms with Gasteiger partial charge in [-0.15, -0.1) is 0 Å². The predicted octanol–water partition coefficient (Wildman–Crippen LogP) is 1.96. The van der Waals surface area contributed by atoms with Crippen LogP contribution in [0, 0.1) is 18.8 Å². The van der Waals surface area contributed by atoms with Crippen LogP contribution in [0.15, 0.2) is 18.2 Å².